The molecule has 6 heteroatoms. The summed E-state index contributed by atoms with van der Waals surface area (Å²) in [5.41, 5.74) is 0. The lowest BCUT2D eigenvalue weighted by Gasteiger charge is -2.37. The maximum absolute atomic E-state index is 12.2. The smallest absolute Gasteiger partial charge is 0.245 e. The Bertz CT molecular complexity index is 322. The number of rotatable bonds is 9. The van der Waals surface area contributed by atoms with Crippen LogP contribution in [0.15, 0.2) is 0 Å². The summed E-state index contributed by atoms with van der Waals surface area (Å²) >= 11 is 0. The number of carbonyl (C=O) groups is 2. The normalized spacial score (nSPS) is 23.1. The molecule has 0 bridgehead atoms. The van der Waals surface area contributed by atoms with Crippen LogP contribution in [-0.2, 0) is 19.1 Å². The number of carbonyl (C=O) groups excluding carboxylic acids is 2. The predicted molar refractivity (Wildman–Crippen MR) is 75.3 cm³/mol. The largest absolute Gasteiger partial charge is 0.382 e. The van der Waals surface area contributed by atoms with E-state index >= 15 is 0 Å². The summed E-state index contributed by atoms with van der Waals surface area (Å²) in [7, 11) is 1.64. The molecule has 1 heterocycles. The van der Waals surface area contributed by atoms with E-state index < -0.39 is 0 Å². The van der Waals surface area contributed by atoms with Gasteiger partial charge in [-0.3, -0.25) is 9.59 Å². The fraction of sp³-hybridized carbons (Fsp3) is 0.857. The summed E-state index contributed by atoms with van der Waals surface area (Å²) in [6.45, 7) is 6.13. The Labute approximate surface area is 120 Å². The molecule has 20 heavy (non-hydrogen) atoms. The maximum atomic E-state index is 12.2. The number of nitrogens with one attached hydrogen (secondary N) is 1. The van der Waals surface area contributed by atoms with Crippen molar-refractivity contribution in [2.45, 2.75) is 45.2 Å². The average Bonchev–Trinajstić information content (AvgIpc) is 2.45. The first-order valence-electron chi connectivity index (χ1n) is 7.29. The molecule has 0 aromatic heterocycles. The van der Waals surface area contributed by atoms with Crippen molar-refractivity contribution in [1.82, 2.24) is 10.2 Å². The molecule has 1 N–H and O–H groups in total. The molecule has 0 radical (unpaired) electrons. The molecule has 1 aliphatic rings. The van der Waals surface area contributed by atoms with Gasteiger partial charge in [-0.2, -0.15) is 0 Å². The lowest BCUT2D eigenvalue weighted by atomic mass is 10.1. The second-order valence-electron chi connectivity index (χ2n) is 4.99. The predicted octanol–water partition coefficient (Wildman–Crippen LogP) is 0.555. The summed E-state index contributed by atoms with van der Waals surface area (Å²) in [4.78, 5) is 25.6. The highest BCUT2D eigenvalue weighted by molar-refractivity contribution is 5.96. The Morgan fingerprint density at radius 3 is 2.60 bits per heavy atom. The summed E-state index contributed by atoms with van der Waals surface area (Å²) < 4.78 is 10.3. The minimum Gasteiger partial charge on any atom is -0.382 e. The van der Waals surface area contributed by atoms with Gasteiger partial charge in [-0.25, -0.2) is 0 Å². The number of amides is 2. The summed E-state index contributed by atoms with van der Waals surface area (Å²) in [5.74, 6) is -0.0345. The molecule has 0 aliphatic carbocycles. The molecule has 1 fully saturated rings. The number of hydrogen-bond donors (Lipinski definition) is 1. The van der Waals surface area contributed by atoms with E-state index in [9.17, 15) is 9.59 Å². The highest BCUT2D eigenvalue weighted by Gasteiger charge is 2.36. The Morgan fingerprint density at radius 2 is 1.95 bits per heavy atom. The van der Waals surface area contributed by atoms with Gasteiger partial charge in [-0.1, -0.05) is 6.92 Å². The molecule has 1 saturated heterocycles. The molecule has 2 unspecified atom stereocenters. The zero-order valence-corrected chi connectivity index (χ0v) is 12.7. The first-order chi connectivity index (χ1) is 9.61. The number of piperazine rings is 1. The summed E-state index contributed by atoms with van der Waals surface area (Å²) in [5, 5.41) is 2.75. The first-order valence-corrected chi connectivity index (χ1v) is 7.29. The Morgan fingerprint density at radius 1 is 1.20 bits per heavy atom. The molecular weight excluding hydrogens is 260 g/mol. The quantitative estimate of drug-likeness (QED) is 0.629. The fourth-order valence-corrected chi connectivity index (χ4v) is 2.20. The van der Waals surface area contributed by atoms with Gasteiger partial charge in [0.1, 0.15) is 12.1 Å². The topological polar surface area (TPSA) is 67.9 Å². The molecule has 0 spiro atoms. The van der Waals surface area contributed by atoms with Crippen LogP contribution in [0.3, 0.4) is 0 Å². The highest BCUT2D eigenvalue weighted by atomic mass is 16.5. The van der Waals surface area contributed by atoms with Crippen LogP contribution in [0.1, 0.15) is 33.1 Å². The highest BCUT2D eigenvalue weighted by Crippen LogP contribution is 2.13. The third-order valence-electron chi connectivity index (χ3n) is 3.52. The second kappa shape index (κ2) is 8.92. The van der Waals surface area contributed by atoms with Crippen LogP contribution in [0.4, 0.5) is 0 Å². The molecule has 2 atom stereocenters. The number of hydrogen-bond acceptors (Lipinski definition) is 4. The van der Waals surface area contributed by atoms with Crippen LogP contribution in [0.2, 0.25) is 0 Å². The zero-order valence-electron chi connectivity index (χ0n) is 12.7. The lowest BCUT2D eigenvalue weighted by Crippen LogP contribution is -2.62. The van der Waals surface area contributed by atoms with E-state index in [2.05, 4.69) is 5.32 Å². The number of nitrogens with zero attached hydrogens (tertiary/aromatic N) is 1. The molecule has 0 aromatic carbocycles. The molecule has 0 aromatic rings. The zero-order chi connectivity index (χ0) is 15.0. The van der Waals surface area contributed by atoms with Crippen molar-refractivity contribution in [2.75, 3.05) is 33.5 Å². The van der Waals surface area contributed by atoms with Crippen LogP contribution >= 0.6 is 0 Å². The maximum Gasteiger partial charge on any atom is 0.245 e. The Kier molecular flexibility index (Phi) is 7.54. The van der Waals surface area contributed by atoms with Crippen molar-refractivity contribution in [3.05, 3.63) is 0 Å². The van der Waals surface area contributed by atoms with Crippen LogP contribution in [0.5, 0.6) is 0 Å². The van der Waals surface area contributed by atoms with Crippen LogP contribution in [0, 0.1) is 0 Å². The Balaban J connectivity index is 2.29. The monoisotopic (exact) mass is 286 g/mol. The molecule has 0 saturated carbocycles. The van der Waals surface area contributed by atoms with E-state index in [1.807, 2.05) is 6.92 Å². The molecule has 1 rings (SSSR count). The van der Waals surface area contributed by atoms with Crippen LogP contribution in [0.25, 0.3) is 0 Å². The number of methoxy groups -OCH3 is 1. The molecule has 1 aliphatic heterocycles. The van der Waals surface area contributed by atoms with Gasteiger partial charge < -0.3 is 19.7 Å². The van der Waals surface area contributed by atoms with Gasteiger partial charge in [0.25, 0.3) is 0 Å². The third kappa shape index (κ3) is 4.76. The van der Waals surface area contributed by atoms with Crippen molar-refractivity contribution in [2.24, 2.45) is 0 Å². The van der Waals surface area contributed by atoms with Gasteiger partial charge in [0, 0.05) is 20.3 Å². The molecule has 116 valence electrons. The van der Waals surface area contributed by atoms with E-state index in [1.54, 1.807) is 18.9 Å². The van der Waals surface area contributed by atoms with E-state index in [-0.39, 0.29) is 23.9 Å². The minimum atomic E-state index is -0.375. The van der Waals surface area contributed by atoms with Gasteiger partial charge in [-0.15, -0.1) is 0 Å². The Hall–Kier alpha value is -1.14. The van der Waals surface area contributed by atoms with E-state index in [1.165, 1.54) is 0 Å². The SMILES string of the molecule is CCC1NC(=O)C(C)N(CCCCOCCOC)C1=O. The lowest BCUT2D eigenvalue weighted by molar-refractivity contribution is -0.148. The van der Waals surface area contributed by atoms with Gasteiger partial charge in [0.05, 0.1) is 13.2 Å². The van der Waals surface area contributed by atoms with Gasteiger partial charge in [0.2, 0.25) is 11.8 Å². The van der Waals surface area contributed by atoms with E-state index in [4.69, 9.17) is 9.47 Å². The van der Waals surface area contributed by atoms with Gasteiger partial charge in [-0.05, 0) is 26.2 Å². The van der Waals surface area contributed by atoms with Crippen molar-refractivity contribution in [3.8, 4) is 0 Å². The summed E-state index contributed by atoms with van der Waals surface area (Å²) in [6.07, 6.45) is 2.35. The molecule has 6 nitrogen and oxygen atoms in total. The first kappa shape index (κ1) is 16.9. The summed E-state index contributed by atoms with van der Waals surface area (Å²) in [6, 6.07) is -0.739. The minimum absolute atomic E-state index is 0.0277. The molecular formula is C14H26N2O4. The standard InChI is InChI=1S/C14H26N2O4/c1-4-12-14(18)16(11(2)13(17)15-12)7-5-6-8-20-10-9-19-3/h11-12H,4-10H2,1-3H3,(H,15,17). The van der Waals surface area contributed by atoms with Gasteiger partial charge in [0.15, 0.2) is 0 Å². The third-order valence-corrected chi connectivity index (χ3v) is 3.52. The number of ether oxygens (including phenoxy) is 2. The van der Waals surface area contributed by atoms with Crippen molar-refractivity contribution >= 4 is 11.8 Å². The van der Waals surface area contributed by atoms with E-state index in [0.29, 0.717) is 32.8 Å². The second-order valence-corrected chi connectivity index (χ2v) is 4.99. The number of unbranched alkanes of at least 4 members (excludes halogenated alkanes) is 1. The van der Waals surface area contributed by atoms with Crippen LogP contribution < -0.4 is 5.32 Å². The van der Waals surface area contributed by atoms with Gasteiger partial charge >= 0.3 is 0 Å². The van der Waals surface area contributed by atoms with Crippen LogP contribution in [-0.4, -0.2) is 62.3 Å². The average molecular weight is 286 g/mol. The molecule has 2 amide bonds. The van der Waals surface area contributed by atoms with Crippen molar-refractivity contribution in [1.29, 1.82) is 0 Å². The van der Waals surface area contributed by atoms with E-state index in [0.717, 1.165) is 12.8 Å². The van der Waals surface area contributed by atoms with Crippen molar-refractivity contribution < 1.29 is 19.1 Å². The fourth-order valence-electron chi connectivity index (χ4n) is 2.20. The van der Waals surface area contributed by atoms with Crippen molar-refractivity contribution in [3.63, 3.8) is 0 Å².